The fourth-order valence-corrected chi connectivity index (χ4v) is 4.56. The summed E-state index contributed by atoms with van der Waals surface area (Å²) in [7, 11) is 0. The molecule has 0 unspecified atom stereocenters. The van der Waals surface area contributed by atoms with Gasteiger partial charge < -0.3 is 15.2 Å². The van der Waals surface area contributed by atoms with E-state index in [2.05, 4.69) is 20.3 Å². The molecule has 1 amide bonds. The summed E-state index contributed by atoms with van der Waals surface area (Å²) in [5, 5.41) is 3.45. The molecule has 0 bridgehead atoms. The molecule has 4 heterocycles. The van der Waals surface area contributed by atoms with Crippen LogP contribution in [0.2, 0.25) is 0 Å². The van der Waals surface area contributed by atoms with Crippen LogP contribution in [0.3, 0.4) is 0 Å². The van der Waals surface area contributed by atoms with Gasteiger partial charge in [0.15, 0.2) is 5.82 Å². The van der Waals surface area contributed by atoms with Crippen molar-refractivity contribution < 1.29 is 4.79 Å². The van der Waals surface area contributed by atoms with Crippen LogP contribution in [0.5, 0.6) is 0 Å². The Bertz CT molecular complexity index is 962. The number of pyridine rings is 1. The summed E-state index contributed by atoms with van der Waals surface area (Å²) in [5.74, 6) is 0.727. The van der Waals surface area contributed by atoms with Crippen molar-refractivity contribution in [2.45, 2.75) is 25.7 Å². The van der Waals surface area contributed by atoms with Crippen LogP contribution in [-0.4, -0.2) is 51.9 Å². The molecule has 2 fully saturated rings. The SMILES string of the molecule is O=C(c1cccc(-c2nc3ccccc3[nH]2)n1)N1CCC2(CCNCC2)CC1. The number of nitrogens with zero attached hydrogens (tertiary/aromatic N) is 3. The molecular weight excluding hydrogens is 350 g/mol. The number of hydrogen-bond donors (Lipinski definition) is 2. The molecule has 1 spiro atoms. The maximum atomic E-state index is 13.0. The lowest BCUT2D eigenvalue weighted by Crippen LogP contribution is -2.47. The number of carbonyl (C=O) groups is 1. The lowest BCUT2D eigenvalue weighted by Gasteiger charge is -2.44. The molecule has 0 radical (unpaired) electrons. The number of amides is 1. The summed E-state index contributed by atoms with van der Waals surface area (Å²) in [6.45, 7) is 3.87. The van der Waals surface area contributed by atoms with E-state index < -0.39 is 0 Å². The Morgan fingerprint density at radius 1 is 0.929 bits per heavy atom. The lowest BCUT2D eigenvalue weighted by molar-refractivity contribution is 0.0491. The Morgan fingerprint density at radius 2 is 1.71 bits per heavy atom. The predicted octanol–water partition coefficient (Wildman–Crippen LogP) is 3.23. The van der Waals surface area contributed by atoms with E-state index in [4.69, 9.17) is 0 Å². The van der Waals surface area contributed by atoms with E-state index in [1.807, 2.05) is 47.4 Å². The molecule has 1 aromatic carbocycles. The molecule has 2 aliphatic rings. The van der Waals surface area contributed by atoms with Crippen LogP contribution in [0.4, 0.5) is 0 Å². The van der Waals surface area contributed by atoms with Gasteiger partial charge in [-0.05, 0) is 68.5 Å². The summed E-state index contributed by atoms with van der Waals surface area (Å²) in [6, 6.07) is 13.5. The summed E-state index contributed by atoms with van der Waals surface area (Å²) in [6.07, 6.45) is 4.66. The van der Waals surface area contributed by atoms with E-state index in [0.29, 0.717) is 22.6 Å². The Kier molecular flexibility index (Phi) is 4.36. The molecule has 5 rings (SSSR count). The van der Waals surface area contributed by atoms with Crippen molar-refractivity contribution in [3.8, 4) is 11.5 Å². The maximum Gasteiger partial charge on any atom is 0.272 e. The first-order valence-electron chi connectivity index (χ1n) is 10.1. The zero-order valence-corrected chi connectivity index (χ0v) is 15.9. The van der Waals surface area contributed by atoms with Crippen molar-refractivity contribution in [1.29, 1.82) is 0 Å². The van der Waals surface area contributed by atoms with Crippen molar-refractivity contribution in [2.24, 2.45) is 5.41 Å². The van der Waals surface area contributed by atoms with Crippen LogP contribution in [0.25, 0.3) is 22.6 Å². The molecule has 6 nitrogen and oxygen atoms in total. The highest BCUT2D eigenvalue weighted by molar-refractivity contribution is 5.93. The van der Waals surface area contributed by atoms with E-state index >= 15 is 0 Å². The van der Waals surface area contributed by atoms with E-state index in [1.165, 1.54) is 12.8 Å². The highest BCUT2D eigenvalue weighted by Gasteiger charge is 2.37. The predicted molar refractivity (Wildman–Crippen MR) is 109 cm³/mol. The zero-order chi connectivity index (χ0) is 19.0. The number of carbonyl (C=O) groups excluding carboxylic acids is 1. The molecule has 2 N–H and O–H groups in total. The van der Waals surface area contributed by atoms with Gasteiger partial charge in [-0.25, -0.2) is 9.97 Å². The largest absolute Gasteiger partial charge is 0.337 e. The van der Waals surface area contributed by atoms with Gasteiger partial charge >= 0.3 is 0 Å². The lowest BCUT2D eigenvalue weighted by atomic mass is 9.71. The molecule has 0 atom stereocenters. The molecule has 144 valence electrons. The average Bonchev–Trinajstić information content (AvgIpc) is 3.19. The fraction of sp³-hybridized carbons (Fsp3) is 0.409. The molecule has 6 heteroatoms. The van der Waals surface area contributed by atoms with Gasteiger partial charge in [0.25, 0.3) is 5.91 Å². The number of nitrogens with one attached hydrogen (secondary N) is 2. The van der Waals surface area contributed by atoms with Gasteiger partial charge in [0.05, 0.1) is 11.0 Å². The van der Waals surface area contributed by atoms with E-state index in [-0.39, 0.29) is 5.91 Å². The third-order valence-corrected chi connectivity index (χ3v) is 6.38. The number of para-hydroxylation sites is 2. The maximum absolute atomic E-state index is 13.0. The average molecular weight is 375 g/mol. The number of benzene rings is 1. The molecule has 3 aromatic rings. The van der Waals surface area contributed by atoms with Gasteiger partial charge in [0.2, 0.25) is 0 Å². The first kappa shape index (κ1) is 17.4. The quantitative estimate of drug-likeness (QED) is 0.721. The number of H-pyrrole nitrogens is 1. The summed E-state index contributed by atoms with van der Waals surface area (Å²) in [5.41, 5.74) is 3.51. The van der Waals surface area contributed by atoms with Gasteiger partial charge in [-0.15, -0.1) is 0 Å². The second kappa shape index (κ2) is 7.02. The van der Waals surface area contributed by atoms with E-state index in [0.717, 1.165) is 50.1 Å². The van der Waals surface area contributed by atoms with Crippen molar-refractivity contribution in [3.05, 3.63) is 48.2 Å². The second-order valence-electron chi connectivity index (χ2n) is 8.05. The first-order chi connectivity index (χ1) is 13.7. The van der Waals surface area contributed by atoms with Crippen molar-refractivity contribution in [2.75, 3.05) is 26.2 Å². The number of imidazole rings is 1. The van der Waals surface area contributed by atoms with Gasteiger partial charge in [0.1, 0.15) is 11.4 Å². The Balaban J connectivity index is 1.34. The minimum atomic E-state index is 0.0294. The number of aromatic amines is 1. The normalized spacial score (nSPS) is 19.2. The van der Waals surface area contributed by atoms with E-state index in [1.54, 1.807) is 0 Å². The van der Waals surface area contributed by atoms with E-state index in [9.17, 15) is 4.79 Å². The van der Waals surface area contributed by atoms with Crippen LogP contribution in [0, 0.1) is 5.41 Å². The minimum absolute atomic E-state index is 0.0294. The van der Waals surface area contributed by atoms with Crippen LogP contribution < -0.4 is 5.32 Å². The zero-order valence-electron chi connectivity index (χ0n) is 15.9. The molecule has 0 aliphatic carbocycles. The van der Waals surface area contributed by atoms with Gasteiger partial charge in [0, 0.05) is 13.1 Å². The minimum Gasteiger partial charge on any atom is -0.337 e. The highest BCUT2D eigenvalue weighted by atomic mass is 16.2. The molecule has 2 aliphatic heterocycles. The molecule has 2 aromatic heterocycles. The van der Waals surface area contributed by atoms with Crippen molar-refractivity contribution in [1.82, 2.24) is 25.2 Å². The van der Waals surface area contributed by atoms with Crippen LogP contribution in [0.1, 0.15) is 36.2 Å². The Labute approximate surface area is 164 Å². The molecule has 0 saturated carbocycles. The van der Waals surface area contributed by atoms with Crippen LogP contribution >= 0.6 is 0 Å². The van der Waals surface area contributed by atoms with Crippen LogP contribution in [0.15, 0.2) is 42.5 Å². The summed E-state index contributed by atoms with van der Waals surface area (Å²) in [4.78, 5) is 27.5. The van der Waals surface area contributed by atoms with Crippen molar-refractivity contribution in [3.63, 3.8) is 0 Å². The summed E-state index contributed by atoms with van der Waals surface area (Å²) < 4.78 is 0. The second-order valence-corrected chi connectivity index (χ2v) is 8.05. The fourth-order valence-electron chi connectivity index (χ4n) is 4.56. The number of likely N-dealkylation sites (tertiary alicyclic amines) is 1. The molecular formula is C22H25N5O. The number of fused-ring (bicyclic) bond motifs is 1. The third kappa shape index (κ3) is 3.18. The smallest absolute Gasteiger partial charge is 0.272 e. The number of aromatic nitrogens is 3. The Hall–Kier alpha value is -2.73. The topological polar surface area (TPSA) is 73.9 Å². The first-order valence-corrected chi connectivity index (χ1v) is 10.1. The van der Waals surface area contributed by atoms with Crippen LogP contribution in [-0.2, 0) is 0 Å². The number of piperidine rings is 2. The van der Waals surface area contributed by atoms with Gasteiger partial charge in [-0.2, -0.15) is 0 Å². The third-order valence-electron chi connectivity index (χ3n) is 6.38. The molecule has 2 saturated heterocycles. The highest BCUT2D eigenvalue weighted by Crippen LogP contribution is 2.39. The summed E-state index contributed by atoms with van der Waals surface area (Å²) >= 11 is 0. The van der Waals surface area contributed by atoms with Gasteiger partial charge in [-0.1, -0.05) is 18.2 Å². The Morgan fingerprint density at radius 3 is 2.50 bits per heavy atom. The number of rotatable bonds is 2. The number of hydrogen-bond acceptors (Lipinski definition) is 4. The van der Waals surface area contributed by atoms with Crippen molar-refractivity contribution >= 4 is 16.9 Å². The molecule has 28 heavy (non-hydrogen) atoms. The van der Waals surface area contributed by atoms with Gasteiger partial charge in [-0.3, -0.25) is 4.79 Å². The standard InChI is InChI=1S/C22H25N5O/c28-21(27-14-10-22(11-15-27)8-12-23-13-9-22)19-7-3-6-18(24-19)20-25-16-4-1-2-5-17(16)26-20/h1-7,23H,8-15H2,(H,25,26). The monoisotopic (exact) mass is 375 g/mol.